The SMILES string of the molecule is FC1(Cl)COC1(F)F. The first-order chi connectivity index (χ1) is 3.46. The van der Waals surface area contributed by atoms with Crippen LogP contribution in [0.2, 0.25) is 0 Å². The molecule has 0 aromatic carbocycles. The smallest absolute Gasteiger partial charge is 0.312 e. The van der Waals surface area contributed by atoms with Crippen molar-refractivity contribution < 1.29 is 17.9 Å². The molecule has 0 bridgehead atoms. The van der Waals surface area contributed by atoms with Crippen molar-refractivity contribution >= 4 is 11.6 Å². The number of hydrogen-bond acceptors (Lipinski definition) is 1. The summed E-state index contributed by atoms with van der Waals surface area (Å²) in [5, 5.41) is -2.97. The Hall–Kier alpha value is 0.0400. The first-order valence-electron chi connectivity index (χ1n) is 1.85. The third-order valence-corrected chi connectivity index (χ3v) is 1.19. The highest BCUT2D eigenvalue weighted by atomic mass is 35.5. The normalized spacial score (nSPS) is 43.5. The van der Waals surface area contributed by atoms with Gasteiger partial charge in [0.2, 0.25) is 0 Å². The minimum atomic E-state index is -3.78. The fourth-order valence-electron chi connectivity index (χ4n) is 0.290. The van der Waals surface area contributed by atoms with Gasteiger partial charge >= 0.3 is 6.11 Å². The Kier molecular flexibility index (Phi) is 1.00. The monoisotopic (exact) mass is 146 g/mol. The van der Waals surface area contributed by atoms with E-state index in [9.17, 15) is 13.2 Å². The summed E-state index contributed by atoms with van der Waals surface area (Å²) in [6, 6.07) is 0. The maximum Gasteiger partial charge on any atom is 0.406 e. The Morgan fingerprint density at radius 2 is 1.75 bits per heavy atom. The summed E-state index contributed by atoms with van der Waals surface area (Å²) in [7, 11) is 0. The van der Waals surface area contributed by atoms with Crippen LogP contribution in [0.3, 0.4) is 0 Å². The van der Waals surface area contributed by atoms with E-state index >= 15 is 0 Å². The zero-order valence-corrected chi connectivity index (χ0v) is 4.38. The molecule has 0 aliphatic carbocycles. The minimum absolute atomic E-state index is 0.735. The number of rotatable bonds is 0. The lowest BCUT2D eigenvalue weighted by atomic mass is 10.3. The quantitative estimate of drug-likeness (QED) is 0.471. The molecule has 0 aromatic heterocycles. The van der Waals surface area contributed by atoms with E-state index in [0.29, 0.717) is 0 Å². The van der Waals surface area contributed by atoms with Crippen molar-refractivity contribution in [2.75, 3.05) is 6.61 Å². The first kappa shape index (κ1) is 6.16. The van der Waals surface area contributed by atoms with Crippen molar-refractivity contribution in [3.05, 3.63) is 0 Å². The lowest BCUT2D eigenvalue weighted by molar-refractivity contribution is -0.374. The maximum atomic E-state index is 11.9. The maximum absolute atomic E-state index is 11.9. The molecule has 0 N–H and O–H groups in total. The number of alkyl halides is 4. The molecule has 0 radical (unpaired) electrons. The summed E-state index contributed by atoms with van der Waals surface area (Å²) in [5.74, 6) is 0. The van der Waals surface area contributed by atoms with Crippen LogP contribution in [0.25, 0.3) is 0 Å². The molecule has 8 heavy (non-hydrogen) atoms. The molecule has 1 nitrogen and oxygen atoms in total. The third kappa shape index (κ3) is 0.596. The van der Waals surface area contributed by atoms with Crippen LogP contribution in [0, 0.1) is 0 Å². The van der Waals surface area contributed by atoms with E-state index in [1.54, 1.807) is 0 Å². The van der Waals surface area contributed by atoms with Gasteiger partial charge in [0.25, 0.3) is 5.13 Å². The molecule has 1 aliphatic heterocycles. The van der Waals surface area contributed by atoms with Gasteiger partial charge in [-0.25, -0.2) is 4.39 Å². The Labute approximate surface area is 48.4 Å². The molecule has 5 heteroatoms. The van der Waals surface area contributed by atoms with Gasteiger partial charge in [-0.1, -0.05) is 11.6 Å². The fraction of sp³-hybridized carbons (Fsp3) is 1.00. The zero-order valence-electron chi connectivity index (χ0n) is 3.63. The van der Waals surface area contributed by atoms with Gasteiger partial charge in [0.05, 0.1) is 0 Å². The molecular formula is C3H2ClF3O. The Morgan fingerprint density at radius 3 is 1.75 bits per heavy atom. The van der Waals surface area contributed by atoms with E-state index in [4.69, 9.17) is 0 Å². The van der Waals surface area contributed by atoms with E-state index in [0.717, 1.165) is 0 Å². The lowest BCUT2D eigenvalue weighted by Crippen LogP contribution is -2.56. The Bertz CT molecular complexity index is 99.1. The van der Waals surface area contributed by atoms with Gasteiger partial charge in [-0.2, -0.15) is 8.78 Å². The molecule has 0 saturated carbocycles. The van der Waals surface area contributed by atoms with Crippen LogP contribution in [0.5, 0.6) is 0 Å². The Balaban J connectivity index is 2.63. The van der Waals surface area contributed by atoms with Crippen LogP contribution in [-0.2, 0) is 4.74 Å². The van der Waals surface area contributed by atoms with Gasteiger partial charge in [0.1, 0.15) is 6.61 Å². The van der Waals surface area contributed by atoms with Crippen LogP contribution >= 0.6 is 11.6 Å². The van der Waals surface area contributed by atoms with Gasteiger partial charge in [0, 0.05) is 0 Å². The number of halogens is 4. The van der Waals surface area contributed by atoms with Gasteiger partial charge in [-0.15, -0.1) is 0 Å². The van der Waals surface area contributed by atoms with Crippen molar-refractivity contribution in [2.45, 2.75) is 11.2 Å². The summed E-state index contributed by atoms with van der Waals surface area (Å²) < 4.78 is 38.5. The Morgan fingerprint density at radius 1 is 1.38 bits per heavy atom. The van der Waals surface area contributed by atoms with Crippen LogP contribution in [0.1, 0.15) is 0 Å². The summed E-state index contributed by atoms with van der Waals surface area (Å²) in [4.78, 5) is 0. The van der Waals surface area contributed by atoms with Crippen LogP contribution in [0.4, 0.5) is 13.2 Å². The topological polar surface area (TPSA) is 9.23 Å². The van der Waals surface area contributed by atoms with Crippen molar-refractivity contribution in [1.29, 1.82) is 0 Å². The van der Waals surface area contributed by atoms with E-state index in [1.807, 2.05) is 0 Å². The van der Waals surface area contributed by atoms with E-state index in [-0.39, 0.29) is 0 Å². The molecule has 0 spiro atoms. The third-order valence-electron chi connectivity index (χ3n) is 0.861. The van der Waals surface area contributed by atoms with Crippen molar-refractivity contribution in [3.8, 4) is 0 Å². The van der Waals surface area contributed by atoms with Crippen LogP contribution in [-0.4, -0.2) is 17.8 Å². The van der Waals surface area contributed by atoms with E-state index in [2.05, 4.69) is 16.3 Å². The molecule has 1 heterocycles. The molecule has 1 unspecified atom stereocenters. The zero-order chi connectivity index (χ0) is 6.41. The lowest BCUT2D eigenvalue weighted by Gasteiger charge is -2.36. The fourth-order valence-corrected chi connectivity index (χ4v) is 0.399. The second-order valence-electron chi connectivity index (χ2n) is 1.51. The van der Waals surface area contributed by atoms with Crippen LogP contribution < -0.4 is 0 Å². The highest BCUT2D eigenvalue weighted by molar-refractivity contribution is 6.24. The van der Waals surface area contributed by atoms with E-state index < -0.39 is 17.8 Å². The van der Waals surface area contributed by atoms with E-state index in [1.165, 1.54) is 0 Å². The molecule has 0 aromatic rings. The van der Waals surface area contributed by atoms with Crippen molar-refractivity contribution in [1.82, 2.24) is 0 Å². The molecule has 1 saturated heterocycles. The molecule has 1 atom stereocenters. The molecule has 1 fully saturated rings. The first-order valence-corrected chi connectivity index (χ1v) is 2.23. The summed E-state index contributed by atoms with van der Waals surface area (Å²) in [5.41, 5.74) is 0. The number of hydrogen-bond donors (Lipinski definition) is 0. The van der Waals surface area contributed by atoms with Gasteiger partial charge < -0.3 is 4.74 Å². The predicted octanol–water partition coefficient (Wildman–Crippen LogP) is 1.51. The van der Waals surface area contributed by atoms with Crippen LogP contribution in [0.15, 0.2) is 0 Å². The predicted molar refractivity (Wildman–Crippen MR) is 20.6 cm³/mol. The second kappa shape index (κ2) is 1.30. The van der Waals surface area contributed by atoms with Crippen molar-refractivity contribution in [2.24, 2.45) is 0 Å². The molecule has 48 valence electrons. The second-order valence-corrected chi connectivity index (χ2v) is 2.11. The largest absolute Gasteiger partial charge is 0.406 e. The molecule has 1 aliphatic rings. The molecular weight excluding hydrogens is 144 g/mol. The standard InChI is InChI=1S/C3H2ClF3O/c4-2(5)1-8-3(2,6)7/h1H2. The van der Waals surface area contributed by atoms with Gasteiger partial charge in [-0.3, -0.25) is 0 Å². The number of ether oxygens (including phenoxy) is 1. The van der Waals surface area contributed by atoms with Gasteiger partial charge in [0.15, 0.2) is 0 Å². The van der Waals surface area contributed by atoms with Gasteiger partial charge in [-0.05, 0) is 0 Å². The van der Waals surface area contributed by atoms with Crippen molar-refractivity contribution in [3.63, 3.8) is 0 Å². The average Bonchev–Trinajstić information content (AvgIpc) is 1.64. The molecule has 0 amide bonds. The minimum Gasteiger partial charge on any atom is -0.312 e. The highest BCUT2D eigenvalue weighted by Crippen LogP contribution is 2.45. The molecule has 1 rings (SSSR count). The average molecular weight is 146 g/mol. The summed E-state index contributed by atoms with van der Waals surface area (Å²) in [6.07, 6.45) is -3.78. The summed E-state index contributed by atoms with van der Waals surface area (Å²) in [6.45, 7) is -0.735. The highest BCUT2D eigenvalue weighted by Gasteiger charge is 2.65. The summed E-state index contributed by atoms with van der Waals surface area (Å²) >= 11 is 4.55.